The van der Waals surface area contributed by atoms with Crippen LogP contribution >= 0.6 is 28.3 Å². The van der Waals surface area contributed by atoms with Crippen LogP contribution in [0.2, 0.25) is 0 Å². The van der Waals surface area contributed by atoms with Gasteiger partial charge in [0, 0.05) is 29.7 Å². The molecule has 0 unspecified atom stereocenters. The minimum absolute atomic E-state index is 0. The molecule has 6 nitrogen and oxygen atoms in total. The lowest BCUT2D eigenvalue weighted by Gasteiger charge is -2.31. The van der Waals surface area contributed by atoms with Crippen molar-refractivity contribution in [3.63, 3.8) is 0 Å². The first kappa shape index (κ1) is 20.5. The van der Waals surface area contributed by atoms with Gasteiger partial charge in [-0.15, -0.1) is 12.4 Å². The first-order valence-electron chi connectivity index (χ1n) is 7.03. The van der Waals surface area contributed by atoms with Crippen molar-refractivity contribution in [1.82, 2.24) is 9.62 Å². The summed E-state index contributed by atoms with van der Waals surface area (Å²) in [5.74, 6) is 0.886. The van der Waals surface area contributed by atoms with E-state index in [9.17, 15) is 8.42 Å². The molecule has 1 aromatic rings. The van der Waals surface area contributed by atoms with E-state index >= 15 is 0 Å². The van der Waals surface area contributed by atoms with Crippen LogP contribution in [0.15, 0.2) is 21.5 Å². The summed E-state index contributed by atoms with van der Waals surface area (Å²) in [6.07, 6.45) is 1.61. The highest BCUT2D eigenvalue weighted by Gasteiger charge is 2.31. The van der Waals surface area contributed by atoms with Crippen LogP contribution in [0.1, 0.15) is 12.8 Å². The number of rotatable bonds is 5. The fraction of sp³-hybridized carbons (Fsp3) is 0.571. The molecule has 0 aliphatic carbocycles. The molecule has 0 radical (unpaired) electrons. The summed E-state index contributed by atoms with van der Waals surface area (Å²) < 4.78 is 38.1. The van der Waals surface area contributed by atoms with E-state index in [-0.39, 0.29) is 17.3 Å². The van der Waals surface area contributed by atoms with E-state index in [1.807, 2.05) is 7.05 Å². The fourth-order valence-electron chi connectivity index (χ4n) is 2.56. The molecule has 1 saturated heterocycles. The molecule has 1 aliphatic rings. The number of sulfonamides is 1. The van der Waals surface area contributed by atoms with Crippen molar-refractivity contribution < 1.29 is 17.9 Å². The lowest BCUT2D eigenvalue weighted by atomic mass is 10.1. The van der Waals surface area contributed by atoms with Gasteiger partial charge in [-0.25, -0.2) is 8.42 Å². The lowest BCUT2D eigenvalue weighted by Crippen LogP contribution is -2.43. The van der Waals surface area contributed by atoms with Crippen LogP contribution in [0.5, 0.6) is 11.5 Å². The van der Waals surface area contributed by atoms with Gasteiger partial charge in [0.05, 0.1) is 14.2 Å². The number of benzene rings is 1. The Morgan fingerprint density at radius 1 is 1.17 bits per heavy atom. The molecule has 1 aromatic carbocycles. The Balaban J connectivity index is 0.00000264. The van der Waals surface area contributed by atoms with Crippen LogP contribution in [0, 0.1) is 0 Å². The van der Waals surface area contributed by atoms with E-state index in [0.29, 0.717) is 35.1 Å². The maximum Gasteiger partial charge on any atom is 0.244 e. The first-order chi connectivity index (χ1) is 10.4. The quantitative estimate of drug-likeness (QED) is 0.777. The molecule has 23 heavy (non-hydrogen) atoms. The van der Waals surface area contributed by atoms with Crippen LogP contribution in [-0.2, 0) is 10.0 Å². The van der Waals surface area contributed by atoms with E-state index in [2.05, 4.69) is 21.2 Å². The second kappa shape index (κ2) is 8.53. The van der Waals surface area contributed by atoms with Crippen LogP contribution in [0.3, 0.4) is 0 Å². The van der Waals surface area contributed by atoms with E-state index < -0.39 is 10.0 Å². The van der Waals surface area contributed by atoms with Crippen molar-refractivity contribution in [1.29, 1.82) is 0 Å². The van der Waals surface area contributed by atoms with Crippen molar-refractivity contribution >= 4 is 38.4 Å². The van der Waals surface area contributed by atoms with Gasteiger partial charge in [0.15, 0.2) is 11.5 Å². The van der Waals surface area contributed by atoms with Gasteiger partial charge in [-0.2, -0.15) is 4.31 Å². The molecule has 2 rings (SSSR count). The Hall–Kier alpha value is -0.540. The Kier molecular flexibility index (Phi) is 7.60. The van der Waals surface area contributed by atoms with Gasteiger partial charge in [-0.05, 0) is 41.9 Å². The summed E-state index contributed by atoms with van der Waals surface area (Å²) in [5, 5.41) is 3.19. The molecule has 1 aliphatic heterocycles. The standard InChI is InChI=1S/C14H21BrN2O4S.ClH/c1-16-10-4-6-17(7-5-10)22(18,19)14-9-13(21-3)12(20-2)8-11(14)15;/h8-10,16H,4-7H2,1-3H3;1H. The van der Waals surface area contributed by atoms with Gasteiger partial charge in [-0.1, -0.05) is 0 Å². The molecule has 1 heterocycles. The summed E-state index contributed by atoms with van der Waals surface area (Å²) in [6.45, 7) is 1.02. The number of hydrogen-bond acceptors (Lipinski definition) is 5. The molecule has 1 fully saturated rings. The maximum atomic E-state index is 12.8. The number of nitrogens with one attached hydrogen (secondary N) is 1. The van der Waals surface area contributed by atoms with Crippen molar-refractivity contribution in [2.24, 2.45) is 0 Å². The average Bonchev–Trinajstić information content (AvgIpc) is 2.54. The van der Waals surface area contributed by atoms with Gasteiger partial charge in [0.25, 0.3) is 0 Å². The zero-order valence-corrected chi connectivity index (χ0v) is 16.6. The predicted octanol–water partition coefficient (Wildman–Crippen LogP) is 2.26. The Morgan fingerprint density at radius 2 is 1.70 bits per heavy atom. The second-order valence-corrected chi connectivity index (χ2v) is 7.87. The van der Waals surface area contributed by atoms with Gasteiger partial charge in [0.1, 0.15) is 4.90 Å². The number of nitrogens with zero attached hydrogens (tertiary/aromatic N) is 1. The number of hydrogen-bond donors (Lipinski definition) is 1. The highest BCUT2D eigenvalue weighted by molar-refractivity contribution is 9.10. The summed E-state index contributed by atoms with van der Waals surface area (Å²) >= 11 is 3.33. The summed E-state index contributed by atoms with van der Waals surface area (Å²) in [5.41, 5.74) is 0. The molecular formula is C14H22BrClN2O4S. The zero-order valence-electron chi connectivity index (χ0n) is 13.3. The van der Waals surface area contributed by atoms with Crippen LogP contribution in [-0.4, -0.2) is 53.1 Å². The van der Waals surface area contributed by atoms with E-state index in [1.54, 1.807) is 6.07 Å². The minimum atomic E-state index is -3.56. The summed E-state index contributed by atoms with van der Waals surface area (Å²) in [6, 6.07) is 3.49. The highest BCUT2D eigenvalue weighted by Crippen LogP contribution is 2.37. The third kappa shape index (κ3) is 4.30. The van der Waals surface area contributed by atoms with Gasteiger partial charge in [-0.3, -0.25) is 0 Å². The van der Waals surface area contributed by atoms with Crippen LogP contribution < -0.4 is 14.8 Å². The molecule has 9 heteroatoms. The molecule has 1 N–H and O–H groups in total. The predicted molar refractivity (Wildman–Crippen MR) is 95.3 cm³/mol. The highest BCUT2D eigenvalue weighted by atomic mass is 79.9. The Morgan fingerprint density at radius 3 is 2.17 bits per heavy atom. The lowest BCUT2D eigenvalue weighted by molar-refractivity contribution is 0.298. The van der Waals surface area contributed by atoms with Gasteiger partial charge < -0.3 is 14.8 Å². The number of ether oxygens (including phenoxy) is 2. The normalized spacial score (nSPS) is 16.7. The fourth-order valence-corrected chi connectivity index (χ4v) is 5.02. The number of halogens is 2. The molecule has 0 amide bonds. The Labute approximate surface area is 152 Å². The minimum Gasteiger partial charge on any atom is -0.493 e. The van der Waals surface area contributed by atoms with Crippen molar-refractivity contribution in [2.75, 3.05) is 34.4 Å². The van der Waals surface area contributed by atoms with E-state index in [1.165, 1.54) is 24.6 Å². The smallest absolute Gasteiger partial charge is 0.244 e. The molecule has 0 aromatic heterocycles. The molecular weight excluding hydrogens is 408 g/mol. The Bertz CT molecular complexity index is 634. The maximum absolute atomic E-state index is 12.8. The molecule has 0 atom stereocenters. The van der Waals surface area contributed by atoms with Gasteiger partial charge in [0.2, 0.25) is 10.0 Å². The SMILES string of the molecule is CNC1CCN(S(=O)(=O)c2cc(OC)c(OC)cc2Br)CC1.Cl. The van der Waals surface area contributed by atoms with Gasteiger partial charge >= 0.3 is 0 Å². The molecule has 0 bridgehead atoms. The summed E-state index contributed by atoms with van der Waals surface area (Å²) in [4.78, 5) is 0.202. The average molecular weight is 430 g/mol. The largest absolute Gasteiger partial charge is 0.493 e. The number of methoxy groups -OCH3 is 2. The van der Waals surface area contributed by atoms with E-state index in [4.69, 9.17) is 9.47 Å². The van der Waals surface area contributed by atoms with Crippen molar-refractivity contribution in [3.8, 4) is 11.5 Å². The third-order valence-electron chi connectivity index (χ3n) is 3.92. The van der Waals surface area contributed by atoms with Crippen LogP contribution in [0.25, 0.3) is 0 Å². The molecule has 0 saturated carbocycles. The topological polar surface area (TPSA) is 67.9 Å². The second-order valence-electron chi connectivity index (χ2n) is 5.10. The van der Waals surface area contributed by atoms with Crippen molar-refractivity contribution in [2.45, 2.75) is 23.8 Å². The molecule has 132 valence electrons. The monoisotopic (exact) mass is 428 g/mol. The van der Waals surface area contributed by atoms with Crippen molar-refractivity contribution in [3.05, 3.63) is 16.6 Å². The van der Waals surface area contributed by atoms with E-state index in [0.717, 1.165) is 12.8 Å². The summed E-state index contributed by atoms with van der Waals surface area (Å²) in [7, 11) is 1.35. The zero-order chi connectivity index (χ0) is 16.3. The number of piperidine rings is 1. The first-order valence-corrected chi connectivity index (χ1v) is 9.26. The van der Waals surface area contributed by atoms with Crippen LogP contribution in [0.4, 0.5) is 0 Å². The molecule has 0 spiro atoms. The third-order valence-corrected chi connectivity index (χ3v) is 6.78.